The zero-order chi connectivity index (χ0) is 14.0. The van der Waals surface area contributed by atoms with Crippen LogP contribution in [0.15, 0.2) is 18.2 Å². The number of rotatable bonds is 3. The van der Waals surface area contributed by atoms with Crippen LogP contribution in [0.5, 0.6) is 0 Å². The molecule has 0 saturated carbocycles. The Bertz CT molecular complexity index is 520. The first-order chi connectivity index (χ1) is 9.01. The summed E-state index contributed by atoms with van der Waals surface area (Å²) >= 11 is 0. The lowest BCUT2D eigenvalue weighted by Gasteiger charge is -2.16. The topological polar surface area (TPSA) is 83.7 Å². The monoisotopic (exact) mass is 268 g/mol. The van der Waals surface area contributed by atoms with Gasteiger partial charge in [-0.1, -0.05) is 0 Å². The minimum Gasteiger partial charge on any atom is -0.396 e. The number of carbonyl (C=O) groups is 1. The number of likely N-dealkylation sites (tertiary alicyclic amines) is 1. The SMILES string of the molecule is O=C(c1cc(F)cc([N+](=O)[O-])c1)N1CCC(CO)C1. The molecule has 1 fully saturated rings. The van der Waals surface area contributed by atoms with E-state index in [1.54, 1.807) is 0 Å². The van der Waals surface area contributed by atoms with E-state index in [-0.39, 0.29) is 18.1 Å². The van der Waals surface area contributed by atoms with Gasteiger partial charge in [0.2, 0.25) is 0 Å². The van der Waals surface area contributed by atoms with E-state index in [9.17, 15) is 19.3 Å². The minimum atomic E-state index is -0.810. The number of hydrogen-bond donors (Lipinski definition) is 1. The zero-order valence-electron chi connectivity index (χ0n) is 10.1. The molecule has 102 valence electrons. The van der Waals surface area contributed by atoms with Crippen LogP contribution in [0.4, 0.5) is 10.1 Å². The van der Waals surface area contributed by atoms with Crippen molar-refractivity contribution in [3.63, 3.8) is 0 Å². The number of halogens is 1. The molecular formula is C12H13FN2O4. The lowest BCUT2D eigenvalue weighted by molar-refractivity contribution is -0.385. The number of carbonyl (C=O) groups excluding carboxylic acids is 1. The van der Waals surface area contributed by atoms with Gasteiger partial charge in [-0.3, -0.25) is 14.9 Å². The molecule has 1 aromatic carbocycles. The molecule has 1 aliphatic rings. The van der Waals surface area contributed by atoms with Gasteiger partial charge in [0, 0.05) is 37.2 Å². The Kier molecular flexibility index (Phi) is 3.75. The quantitative estimate of drug-likeness (QED) is 0.659. The highest BCUT2D eigenvalue weighted by Crippen LogP contribution is 2.21. The summed E-state index contributed by atoms with van der Waals surface area (Å²) in [6, 6.07) is 2.83. The van der Waals surface area contributed by atoms with Gasteiger partial charge in [0.15, 0.2) is 0 Å². The smallest absolute Gasteiger partial charge is 0.273 e. The van der Waals surface area contributed by atoms with Gasteiger partial charge in [0.05, 0.1) is 11.0 Å². The Morgan fingerprint density at radius 1 is 1.53 bits per heavy atom. The molecule has 1 unspecified atom stereocenters. The van der Waals surface area contributed by atoms with E-state index in [0.717, 1.165) is 18.2 Å². The normalized spacial score (nSPS) is 18.6. The maximum absolute atomic E-state index is 13.3. The van der Waals surface area contributed by atoms with Crippen molar-refractivity contribution in [2.24, 2.45) is 5.92 Å². The minimum absolute atomic E-state index is 0.00687. The summed E-state index contributed by atoms with van der Waals surface area (Å²) in [7, 11) is 0. The van der Waals surface area contributed by atoms with E-state index in [4.69, 9.17) is 5.11 Å². The van der Waals surface area contributed by atoms with Crippen molar-refractivity contribution in [1.82, 2.24) is 4.90 Å². The number of amides is 1. The van der Waals surface area contributed by atoms with Gasteiger partial charge in [0.1, 0.15) is 5.82 Å². The van der Waals surface area contributed by atoms with Gasteiger partial charge in [-0.15, -0.1) is 0 Å². The first kappa shape index (κ1) is 13.4. The highest BCUT2D eigenvalue weighted by Gasteiger charge is 2.27. The van der Waals surface area contributed by atoms with Gasteiger partial charge in [-0.2, -0.15) is 0 Å². The number of non-ortho nitro benzene ring substituents is 1. The van der Waals surface area contributed by atoms with Crippen LogP contribution >= 0.6 is 0 Å². The predicted molar refractivity (Wildman–Crippen MR) is 64.2 cm³/mol. The Morgan fingerprint density at radius 3 is 2.84 bits per heavy atom. The third-order valence-electron chi connectivity index (χ3n) is 3.17. The van der Waals surface area contributed by atoms with Crippen LogP contribution in [0.3, 0.4) is 0 Å². The van der Waals surface area contributed by atoms with Crippen molar-refractivity contribution in [3.05, 3.63) is 39.7 Å². The second-order valence-corrected chi connectivity index (χ2v) is 4.54. The molecule has 1 aromatic rings. The van der Waals surface area contributed by atoms with E-state index in [0.29, 0.717) is 19.5 Å². The first-order valence-electron chi connectivity index (χ1n) is 5.86. The Morgan fingerprint density at radius 2 is 2.26 bits per heavy atom. The average Bonchev–Trinajstić information content (AvgIpc) is 2.85. The molecule has 1 N–H and O–H groups in total. The van der Waals surface area contributed by atoms with Crippen molar-refractivity contribution in [3.8, 4) is 0 Å². The summed E-state index contributed by atoms with van der Waals surface area (Å²) in [5.41, 5.74) is -0.480. The van der Waals surface area contributed by atoms with Crippen LogP contribution < -0.4 is 0 Å². The van der Waals surface area contributed by atoms with Gasteiger partial charge >= 0.3 is 0 Å². The largest absolute Gasteiger partial charge is 0.396 e. The summed E-state index contributed by atoms with van der Waals surface area (Å²) in [5, 5.41) is 19.6. The summed E-state index contributed by atoms with van der Waals surface area (Å²) in [6.07, 6.45) is 0.680. The molecule has 0 radical (unpaired) electrons. The fraction of sp³-hybridized carbons (Fsp3) is 0.417. The molecule has 1 saturated heterocycles. The number of benzene rings is 1. The molecule has 1 heterocycles. The van der Waals surface area contributed by atoms with E-state index in [2.05, 4.69) is 0 Å². The number of nitro benzene ring substituents is 1. The number of aliphatic hydroxyl groups is 1. The summed E-state index contributed by atoms with van der Waals surface area (Å²) in [6.45, 7) is 0.848. The zero-order valence-corrected chi connectivity index (χ0v) is 10.1. The predicted octanol–water partition coefficient (Wildman–Crippen LogP) is 1.19. The molecule has 2 rings (SSSR count). The summed E-state index contributed by atoms with van der Waals surface area (Å²) in [5.74, 6) is -1.23. The number of aliphatic hydroxyl groups excluding tert-OH is 1. The molecular weight excluding hydrogens is 255 g/mol. The van der Waals surface area contributed by atoms with Crippen molar-refractivity contribution < 1.29 is 19.2 Å². The van der Waals surface area contributed by atoms with Crippen molar-refractivity contribution >= 4 is 11.6 Å². The number of hydrogen-bond acceptors (Lipinski definition) is 4. The summed E-state index contributed by atoms with van der Waals surface area (Å²) in [4.78, 5) is 23.5. The molecule has 1 aliphatic heterocycles. The second kappa shape index (κ2) is 5.31. The van der Waals surface area contributed by atoms with Crippen LogP contribution in [0.2, 0.25) is 0 Å². The lowest BCUT2D eigenvalue weighted by Crippen LogP contribution is -2.29. The Hall–Kier alpha value is -2.02. The third-order valence-corrected chi connectivity index (χ3v) is 3.17. The number of nitro groups is 1. The highest BCUT2D eigenvalue weighted by molar-refractivity contribution is 5.95. The average molecular weight is 268 g/mol. The molecule has 0 bridgehead atoms. The molecule has 0 aromatic heterocycles. The fourth-order valence-corrected chi connectivity index (χ4v) is 2.15. The maximum Gasteiger partial charge on any atom is 0.273 e. The van der Waals surface area contributed by atoms with E-state index >= 15 is 0 Å². The first-order valence-corrected chi connectivity index (χ1v) is 5.86. The van der Waals surface area contributed by atoms with Crippen LogP contribution in [0.1, 0.15) is 16.8 Å². The van der Waals surface area contributed by atoms with Crippen LogP contribution in [0, 0.1) is 21.8 Å². The molecule has 7 heteroatoms. The highest BCUT2D eigenvalue weighted by atomic mass is 19.1. The van der Waals surface area contributed by atoms with Gasteiger partial charge in [0.25, 0.3) is 11.6 Å². The standard InChI is InChI=1S/C12H13FN2O4/c13-10-3-9(4-11(5-10)15(18)19)12(17)14-2-1-8(6-14)7-16/h3-5,8,16H,1-2,6-7H2. The van der Waals surface area contributed by atoms with Crippen molar-refractivity contribution in [2.45, 2.75) is 6.42 Å². The van der Waals surface area contributed by atoms with Gasteiger partial charge in [-0.25, -0.2) is 4.39 Å². The third kappa shape index (κ3) is 2.87. The second-order valence-electron chi connectivity index (χ2n) is 4.54. The van der Waals surface area contributed by atoms with Gasteiger partial charge in [-0.05, 0) is 12.5 Å². The van der Waals surface area contributed by atoms with E-state index in [1.165, 1.54) is 4.90 Å². The maximum atomic E-state index is 13.3. The number of nitrogens with zero attached hydrogens (tertiary/aromatic N) is 2. The molecule has 1 amide bonds. The summed E-state index contributed by atoms with van der Waals surface area (Å²) < 4.78 is 13.3. The van der Waals surface area contributed by atoms with Crippen molar-refractivity contribution in [1.29, 1.82) is 0 Å². The fourth-order valence-electron chi connectivity index (χ4n) is 2.15. The van der Waals surface area contributed by atoms with E-state index < -0.39 is 22.3 Å². The molecule has 19 heavy (non-hydrogen) atoms. The molecule has 0 spiro atoms. The molecule has 0 aliphatic carbocycles. The van der Waals surface area contributed by atoms with Crippen molar-refractivity contribution in [2.75, 3.05) is 19.7 Å². The van der Waals surface area contributed by atoms with Crippen LogP contribution in [-0.2, 0) is 0 Å². The Labute approximate surface area is 108 Å². The van der Waals surface area contributed by atoms with Crippen LogP contribution in [-0.4, -0.2) is 40.5 Å². The Balaban J connectivity index is 2.22. The molecule has 1 atom stereocenters. The van der Waals surface area contributed by atoms with Gasteiger partial charge < -0.3 is 10.0 Å². The molecule has 6 nitrogen and oxygen atoms in total. The van der Waals surface area contributed by atoms with E-state index in [1.807, 2.05) is 0 Å². The lowest BCUT2D eigenvalue weighted by atomic mass is 10.1. The van der Waals surface area contributed by atoms with Crippen LogP contribution in [0.25, 0.3) is 0 Å².